The van der Waals surface area contributed by atoms with E-state index in [9.17, 15) is 19.5 Å². The van der Waals surface area contributed by atoms with Crippen LogP contribution in [0.5, 0.6) is 5.75 Å². The van der Waals surface area contributed by atoms with E-state index in [0.29, 0.717) is 48.7 Å². The summed E-state index contributed by atoms with van der Waals surface area (Å²) in [5.41, 5.74) is 4.10. The lowest BCUT2D eigenvalue weighted by molar-refractivity contribution is -0.137. The van der Waals surface area contributed by atoms with Gasteiger partial charge in [-0.3, -0.25) is 14.6 Å². The number of aliphatic carboxylic acids is 1. The molecule has 242 valence electrons. The largest absolute Gasteiger partial charge is 0.494 e. The molecule has 0 aliphatic heterocycles. The maximum absolute atomic E-state index is 13.1. The first-order chi connectivity index (χ1) is 23.5. The Kier molecular flexibility index (Phi) is 11.8. The van der Waals surface area contributed by atoms with Crippen molar-refractivity contribution in [2.24, 2.45) is 0 Å². The van der Waals surface area contributed by atoms with Crippen LogP contribution in [0.25, 0.3) is 6.08 Å². The van der Waals surface area contributed by atoms with Gasteiger partial charge in [0.15, 0.2) is 5.78 Å². The third kappa shape index (κ3) is 9.74. The van der Waals surface area contributed by atoms with Crippen molar-refractivity contribution < 1.29 is 24.2 Å². The zero-order chi connectivity index (χ0) is 33.6. The number of ether oxygens (including phenoxy) is 1. The van der Waals surface area contributed by atoms with Crippen molar-refractivity contribution in [2.75, 3.05) is 18.5 Å². The SMILES string of the molecule is O=C(c1ccccc1)c1ccccc1N[C@@H](Cc1ccc(OCCCN(Cc2ccccc2)C(=O)C=Cc2cccnc2)cc1)C(=O)O. The fourth-order valence-electron chi connectivity index (χ4n) is 5.16. The standard InChI is InChI=1S/C40H37N3O5/c44-38(23-20-31-13-9-24-41-28-31)43(29-32-11-3-1-4-12-32)25-10-26-48-34-21-18-30(19-22-34)27-37(40(46)47)42-36-17-8-7-16-35(36)39(45)33-14-5-2-6-15-33/h1-9,11-24,28,37,42H,10,25-27,29H2,(H,46,47)/t37-/m0/s1. The van der Waals surface area contributed by atoms with Gasteiger partial charge in [0.1, 0.15) is 11.8 Å². The molecule has 8 heteroatoms. The molecule has 2 N–H and O–H groups in total. The average molecular weight is 640 g/mol. The van der Waals surface area contributed by atoms with Crippen LogP contribution in [0, 0.1) is 0 Å². The van der Waals surface area contributed by atoms with Gasteiger partial charge in [-0.05, 0) is 59.5 Å². The Balaban J connectivity index is 1.16. The number of aromatic nitrogens is 1. The first-order valence-electron chi connectivity index (χ1n) is 15.8. The highest BCUT2D eigenvalue weighted by Crippen LogP contribution is 2.22. The van der Waals surface area contributed by atoms with Gasteiger partial charge in [0.05, 0.1) is 6.61 Å². The second-order valence-electron chi connectivity index (χ2n) is 11.2. The van der Waals surface area contributed by atoms with Crippen LogP contribution in [0.4, 0.5) is 5.69 Å². The van der Waals surface area contributed by atoms with Crippen LogP contribution in [-0.4, -0.2) is 51.8 Å². The summed E-state index contributed by atoms with van der Waals surface area (Å²) in [4.78, 5) is 44.3. The number of carboxylic acids is 1. The minimum Gasteiger partial charge on any atom is -0.494 e. The predicted molar refractivity (Wildman–Crippen MR) is 187 cm³/mol. The molecule has 48 heavy (non-hydrogen) atoms. The molecule has 5 aromatic rings. The molecule has 1 atom stereocenters. The summed E-state index contributed by atoms with van der Waals surface area (Å²) in [6.45, 7) is 1.38. The van der Waals surface area contributed by atoms with Crippen LogP contribution in [0.2, 0.25) is 0 Å². The van der Waals surface area contributed by atoms with Crippen molar-refractivity contribution in [2.45, 2.75) is 25.4 Å². The van der Waals surface area contributed by atoms with E-state index in [0.717, 1.165) is 16.7 Å². The fourth-order valence-corrected chi connectivity index (χ4v) is 5.16. The highest BCUT2D eigenvalue weighted by molar-refractivity contribution is 6.12. The minimum absolute atomic E-state index is 0.0966. The molecule has 5 rings (SSSR count). The number of rotatable bonds is 16. The molecule has 0 aliphatic rings. The van der Waals surface area contributed by atoms with E-state index >= 15 is 0 Å². The third-order valence-corrected chi connectivity index (χ3v) is 7.67. The second kappa shape index (κ2) is 17.1. The highest BCUT2D eigenvalue weighted by atomic mass is 16.5. The van der Waals surface area contributed by atoms with Crippen LogP contribution >= 0.6 is 0 Å². The Labute approximate surface area is 280 Å². The van der Waals surface area contributed by atoms with Crippen LogP contribution in [0.1, 0.15) is 39.0 Å². The molecule has 0 spiro atoms. The lowest BCUT2D eigenvalue weighted by atomic mass is 10.00. The number of nitrogens with zero attached hydrogens (tertiary/aromatic N) is 2. The van der Waals surface area contributed by atoms with Gasteiger partial charge in [0.2, 0.25) is 5.91 Å². The Morgan fingerprint density at radius 1 is 0.812 bits per heavy atom. The zero-order valence-electron chi connectivity index (χ0n) is 26.4. The summed E-state index contributed by atoms with van der Waals surface area (Å²) < 4.78 is 5.97. The lowest BCUT2D eigenvalue weighted by Gasteiger charge is -2.21. The first kappa shape index (κ1) is 33.3. The van der Waals surface area contributed by atoms with E-state index < -0.39 is 12.0 Å². The van der Waals surface area contributed by atoms with Gasteiger partial charge in [-0.2, -0.15) is 0 Å². The molecule has 8 nitrogen and oxygen atoms in total. The van der Waals surface area contributed by atoms with Gasteiger partial charge in [0.25, 0.3) is 0 Å². The summed E-state index contributed by atoms with van der Waals surface area (Å²) in [6.07, 6.45) is 7.55. The number of hydrogen-bond donors (Lipinski definition) is 2. The Morgan fingerprint density at radius 3 is 2.23 bits per heavy atom. The second-order valence-corrected chi connectivity index (χ2v) is 11.2. The molecule has 1 amide bonds. The number of carboxylic acid groups (broad SMARTS) is 1. The van der Waals surface area contributed by atoms with Crippen molar-refractivity contribution in [3.05, 3.63) is 168 Å². The maximum atomic E-state index is 13.1. The quantitative estimate of drug-likeness (QED) is 0.0685. The average Bonchev–Trinajstić information content (AvgIpc) is 3.13. The van der Waals surface area contributed by atoms with Gasteiger partial charge in [-0.15, -0.1) is 0 Å². The topological polar surface area (TPSA) is 109 Å². The van der Waals surface area contributed by atoms with Crippen molar-refractivity contribution in [3.63, 3.8) is 0 Å². The van der Waals surface area contributed by atoms with E-state index in [2.05, 4.69) is 10.3 Å². The minimum atomic E-state index is -1.03. The van der Waals surface area contributed by atoms with Crippen molar-refractivity contribution in [1.82, 2.24) is 9.88 Å². The number of pyridine rings is 1. The molecule has 4 aromatic carbocycles. The van der Waals surface area contributed by atoms with E-state index in [4.69, 9.17) is 4.74 Å². The number of carbonyl (C=O) groups is 3. The molecule has 0 fully saturated rings. The molecular weight excluding hydrogens is 602 g/mol. The van der Waals surface area contributed by atoms with Crippen LogP contribution in [0.3, 0.4) is 0 Å². The molecule has 0 saturated heterocycles. The summed E-state index contributed by atoms with van der Waals surface area (Å²) in [6, 6.07) is 35.7. The molecule has 0 radical (unpaired) electrons. The number of carbonyl (C=O) groups excluding carboxylic acids is 2. The van der Waals surface area contributed by atoms with Gasteiger partial charge in [-0.25, -0.2) is 4.79 Å². The van der Waals surface area contributed by atoms with Crippen molar-refractivity contribution >= 4 is 29.4 Å². The Bertz CT molecular complexity index is 1810. The number of amides is 1. The number of nitrogens with one attached hydrogen (secondary N) is 1. The zero-order valence-corrected chi connectivity index (χ0v) is 26.4. The Morgan fingerprint density at radius 2 is 1.52 bits per heavy atom. The van der Waals surface area contributed by atoms with Gasteiger partial charge in [-0.1, -0.05) is 91.0 Å². The van der Waals surface area contributed by atoms with Crippen LogP contribution < -0.4 is 10.1 Å². The van der Waals surface area contributed by atoms with Crippen molar-refractivity contribution in [3.8, 4) is 5.75 Å². The van der Waals surface area contributed by atoms with Crippen LogP contribution in [-0.2, 0) is 22.6 Å². The number of para-hydroxylation sites is 1. The monoisotopic (exact) mass is 639 g/mol. The molecule has 0 saturated carbocycles. The Hall–Kier alpha value is -6.02. The summed E-state index contributed by atoms with van der Waals surface area (Å²) in [5.74, 6) is -0.657. The molecular formula is C40H37N3O5. The maximum Gasteiger partial charge on any atom is 0.326 e. The summed E-state index contributed by atoms with van der Waals surface area (Å²) >= 11 is 0. The van der Waals surface area contributed by atoms with Crippen molar-refractivity contribution in [1.29, 1.82) is 0 Å². The number of anilines is 1. The highest BCUT2D eigenvalue weighted by Gasteiger charge is 2.21. The molecule has 1 heterocycles. The fraction of sp³-hybridized carbons (Fsp3) is 0.150. The van der Waals surface area contributed by atoms with E-state index in [1.807, 2.05) is 72.8 Å². The van der Waals surface area contributed by atoms with Gasteiger partial charge < -0.3 is 20.1 Å². The molecule has 0 aliphatic carbocycles. The van der Waals surface area contributed by atoms with Gasteiger partial charge >= 0.3 is 5.97 Å². The normalized spacial score (nSPS) is 11.5. The van der Waals surface area contributed by atoms with E-state index in [1.165, 1.54) is 0 Å². The number of ketones is 1. The summed E-state index contributed by atoms with van der Waals surface area (Å²) in [5, 5.41) is 13.1. The van der Waals surface area contributed by atoms with E-state index in [1.54, 1.807) is 78.0 Å². The molecule has 1 aromatic heterocycles. The summed E-state index contributed by atoms with van der Waals surface area (Å²) in [7, 11) is 0. The molecule has 0 unspecified atom stereocenters. The first-order valence-corrected chi connectivity index (χ1v) is 15.8. The smallest absolute Gasteiger partial charge is 0.326 e. The molecule has 0 bridgehead atoms. The lowest BCUT2D eigenvalue weighted by Crippen LogP contribution is -2.32. The third-order valence-electron chi connectivity index (χ3n) is 7.67. The number of hydrogen-bond acceptors (Lipinski definition) is 6. The number of benzene rings is 4. The van der Waals surface area contributed by atoms with E-state index in [-0.39, 0.29) is 18.1 Å². The van der Waals surface area contributed by atoms with Gasteiger partial charge in [0, 0.05) is 54.8 Å². The predicted octanol–water partition coefficient (Wildman–Crippen LogP) is 6.93. The van der Waals surface area contributed by atoms with Crippen LogP contribution in [0.15, 0.2) is 140 Å².